The molecule has 0 fully saturated rings. The molecule has 2 aromatic heterocycles. The predicted octanol–water partition coefficient (Wildman–Crippen LogP) is 6.14. The summed E-state index contributed by atoms with van der Waals surface area (Å²) in [7, 11) is 0. The first kappa shape index (κ1) is 15.9. The summed E-state index contributed by atoms with van der Waals surface area (Å²) in [6.07, 6.45) is 2.02. The van der Waals surface area contributed by atoms with E-state index in [1.54, 1.807) is 11.8 Å². The highest BCUT2D eigenvalue weighted by Crippen LogP contribution is 2.37. The van der Waals surface area contributed by atoms with Crippen LogP contribution in [0, 0.1) is 0 Å². The van der Waals surface area contributed by atoms with Crippen molar-refractivity contribution in [3.8, 4) is 0 Å². The maximum Gasteiger partial charge on any atom is 0.269 e. The number of thioether (sulfide) groups is 1. The Balaban J connectivity index is 1.69. The quantitative estimate of drug-likeness (QED) is 0.427. The third kappa shape index (κ3) is 2.69. The van der Waals surface area contributed by atoms with Crippen LogP contribution in [0.25, 0.3) is 20.3 Å². The van der Waals surface area contributed by atoms with Gasteiger partial charge in [0.15, 0.2) is 5.13 Å². The molecule has 0 atom stereocenters. The Morgan fingerprint density at radius 2 is 1.92 bits per heavy atom. The highest BCUT2D eigenvalue weighted by atomic mass is 35.5. The van der Waals surface area contributed by atoms with E-state index < -0.39 is 0 Å². The SMILES string of the molecule is CSc1cccc2sc(NC(=O)c3sc4ccccc4c3Cl)nc12. The molecule has 0 unspecified atom stereocenters. The Labute approximate surface area is 155 Å². The summed E-state index contributed by atoms with van der Waals surface area (Å²) in [6.45, 7) is 0. The molecule has 1 amide bonds. The lowest BCUT2D eigenvalue weighted by Gasteiger charge is -1.99. The average molecular weight is 391 g/mol. The minimum Gasteiger partial charge on any atom is -0.297 e. The topological polar surface area (TPSA) is 42.0 Å². The fourth-order valence-corrected chi connectivity index (χ4v) is 5.38. The summed E-state index contributed by atoms with van der Waals surface area (Å²) in [5.74, 6) is -0.217. The monoisotopic (exact) mass is 390 g/mol. The van der Waals surface area contributed by atoms with Gasteiger partial charge in [0, 0.05) is 15.0 Å². The first-order chi connectivity index (χ1) is 11.7. The number of hydrogen-bond acceptors (Lipinski definition) is 5. The van der Waals surface area contributed by atoms with Crippen LogP contribution in [0.15, 0.2) is 47.4 Å². The van der Waals surface area contributed by atoms with Crippen molar-refractivity contribution in [1.29, 1.82) is 0 Å². The van der Waals surface area contributed by atoms with Crippen LogP contribution >= 0.6 is 46.0 Å². The van der Waals surface area contributed by atoms with Crippen molar-refractivity contribution in [2.75, 3.05) is 11.6 Å². The van der Waals surface area contributed by atoms with Crippen LogP contribution in [0.1, 0.15) is 9.67 Å². The summed E-state index contributed by atoms with van der Waals surface area (Å²) in [5, 5.41) is 4.88. The molecular weight excluding hydrogens is 380 g/mol. The zero-order chi connectivity index (χ0) is 16.7. The van der Waals surface area contributed by atoms with Crippen molar-refractivity contribution in [3.05, 3.63) is 52.4 Å². The predicted molar refractivity (Wildman–Crippen MR) is 106 cm³/mol. The van der Waals surface area contributed by atoms with Crippen LogP contribution in [0.2, 0.25) is 5.02 Å². The van der Waals surface area contributed by atoms with Crippen LogP contribution in [0.3, 0.4) is 0 Å². The minimum absolute atomic E-state index is 0.217. The van der Waals surface area contributed by atoms with Crippen molar-refractivity contribution in [2.24, 2.45) is 0 Å². The van der Waals surface area contributed by atoms with Crippen LogP contribution in [0.5, 0.6) is 0 Å². The molecule has 0 saturated carbocycles. The molecule has 0 spiro atoms. The molecule has 0 aliphatic carbocycles. The van der Waals surface area contributed by atoms with E-state index in [2.05, 4.69) is 10.3 Å². The highest BCUT2D eigenvalue weighted by Gasteiger charge is 2.18. The molecular formula is C17H11ClN2OS3. The van der Waals surface area contributed by atoms with E-state index in [9.17, 15) is 4.79 Å². The van der Waals surface area contributed by atoms with Crippen LogP contribution in [-0.4, -0.2) is 17.1 Å². The number of fused-ring (bicyclic) bond motifs is 2. The van der Waals surface area contributed by atoms with E-state index in [-0.39, 0.29) is 5.91 Å². The summed E-state index contributed by atoms with van der Waals surface area (Å²) >= 11 is 10.9. The molecule has 3 nitrogen and oxygen atoms in total. The number of thiophene rings is 1. The van der Waals surface area contributed by atoms with E-state index in [1.807, 2.05) is 48.7 Å². The highest BCUT2D eigenvalue weighted by molar-refractivity contribution is 7.98. The van der Waals surface area contributed by atoms with Gasteiger partial charge in [-0.3, -0.25) is 10.1 Å². The van der Waals surface area contributed by atoms with Gasteiger partial charge in [0.2, 0.25) is 0 Å². The Bertz CT molecular complexity index is 1070. The van der Waals surface area contributed by atoms with E-state index in [0.29, 0.717) is 15.0 Å². The van der Waals surface area contributed by atoms with Gasteiger partial charge >= 0.3 is 0 Å². The van der Waals surface area contributed by atoms with E-state index in [4.69, 9.17) is 11.6 Å². The number of carbonyl (C=O) groups excluding carboxylic acids is 1. The smallest absolute Gasteiger partial charge is 0.269 e. The number of benzene rings is 2. The van der Waals surface area contributed by atoms with Crippen LogP contribution < -0.4 is 5.32 Å². The minimum atomic E-state index is -0.217. The fourth-order valence-electron chi connectivity index (χ4n) is 2.46. The standard InChI is InChI=1S/C17H11ClN2OS3/c1-22-11-7-4-8-12-14(11)19-17(24-12)20-16(21)15-13(18)9-5-2-3-6-10(9)23-15/h2-8H,1H3,(H,19,20,21). The van der Waals surface area contributed by atoms with Crippen molar-refractivity contribution < 1.29 is 4.79 Å². The Kier molecular flexibility index (Phi) is 4.22. The number of amides is 1. The Hall–Kier alpha value is -1.60. The van der Waals surface area contributed by atoms with Gasteiger partial charge in [0.25, 0.3) is 5.91 Å². The molecule has 0 radical (unpaired) electrons. The summed E-state index contributed by atoms with van der Waals surface area (Å²) < 4.78 is 2.06. The normalized spacial score (nSPS) is 11.2. The lowest BCUT2D eigenvalue weighted by Crippen LogP contribution is -2.10. The van der Waals surface area contributed by atoms with Crippen molar-refractivity contribution in [3.63, 3.8) is 0 Å². The second-order valence-corrected chi connectivity index (χ2v) is 8.33. The third-order valence-electron chi connectivity index (χ3n) is 3.56. The maximum absolute atomic E-state index is 12.6. The number of nitrogens with zero attached hydrogens (tertiary/aromatic N) is 1. The number of para-hydroxylation sites is 1. The van der Waals surface area contributed by atoms with Gasteiger partial charge in [0.05, 0.1) is 15.2 Å². The second-order valence-electron chi connectivity index (χ2n) is 5.02. The Morgan fingerprint density at radius 3 is 2.71 bits per heavy atom. The number of rotatable bonds is 3. The van der Waals surface area contributed by atoms with Crippen molar-refractivity contribution in [1.82, 2.24) is 4.98 Å². The number of aromatic nitrogens is 1. The molecule has 2 heterocycles. The molecule has 0 aliphatic rings. The largest absolute Gasteiger partial charge is 0.297 e. The van der Waals surface area contributed by atoms with Gasteiger partial charge in [0.1, 0.15) is 4.88 Å². The number of carbonyl (C=O) groups is 1. The molecule has 7 heteroatoms. The van der Waals surface area contributed by atoms with E-state index in [1.165, 1.54) is 22.7 Å². The van der Waals surface area contributed by atoms with Crippen LogP contribution in [0.4, 0.5) is 5.13 Å². The average Bonchev–Trinajstić information content (AvgIpc) is 3.15. The maximum atomic E-state index is 12.6. The number of hydrogen-bond donors (Lipinski definition) is 1. The third-order valence-corrected chi connectivity index (χ3v) is 6.94. The second kappa shape index (κ2) is 6.37. The molecule has 24 heavy (non-hydrogen) atoms. The van der Waals surface area contributed by atoms with Gasteiger partial charge in [-0.25, -0.2) is 4.98 Å². The van der Waals surface area contributed by atoms with Gasteiger partial charge in [-0.15, -0.1) is 23.1 Å². The number of halogens is 1. The summed E-state index contributed by atoms with van der Waals surface area (Å²) in [6, 6.07) is 13.8. The summed E-state index contributed by atoms with van der Waals surface area (Å²) in [4.78, 5) is 18.8. The fraction of sp³-hybridized carbons (Fsp3) is 0.0588. The molecule has 0 bridgehead atoms. The lowest BCUT2D eigenvalue weighted by molar-refractivity contribution is 0.103. The molecule has 0 saturated heterocycles. The first-order valence-electron chi connectivity index (χ1n) is 7.09. The molecule has 120 valence electrons. The van der Waals surface area contributed by atoms with Crippen LogP contribution in [-0.2, 0) is 0 Å². The van der Waals surface area contributed by atoms with Crippen molar-refractivity contribution >= 4 is 77.4 Å². The molecule has 4 rings (SSSR count). The number of thiazole rings is 1. The molecule has 2 aromatic carbocycles. The zero-order valence-corrected chi connectivity index (χ0v) is 15.7. The molecule has 4 aromatic rings. The van der Waals surface area contributed by atoms with Gasteiger partial charge in [-0.1, -0.05) is 47.2 Å². The number of nitrogens with one attached hydrogen (secondary N) is 1. The van der Waals surface area contributed by atoms with Gasteiger partial charge in [-0.2, -0.15) is 0 Å². The van der Waals surface area contributed by atoms with E-state index >= 15 is 0 Å². The van der Waals surface area contributed by atoms with Gasteiger partial charge < -0.3 is 0 Å². The summed E-state index contributed by atoms with van der Waals surface area (Å²) in [5.41, 5.74) is 0.924. The van der Waals surface area contributed by atoms with Crippen molar-refractivity contribution in [2.45, 2.75) is 4.90 Å². The Morgan fingerprint density at radius 1 is 1.12 bits per heavy atom. The van der Waals surface area contributed by atoms with Gasteiger partial charge in [-0.05, 0) is 24.5 Å². The number of anilines is 1. The zero-order valence-electron chi connectivity index (χ0n) is 12.5. The van der Waals surface area contributed by atoms with E-state index in [0.717, 1.165) is 25.2 Å². The molecule has 1 N–H and O–H groups in total. The first-order valence-corrected chi connectivity index (χ1v) is 10.3. The lowest BCUT2D eigenvalue weighted by atomic mass is 10.2. The molecule has 0 aliphatic heterocycles.